The molecule has 0 saturated carbocycles. The molecule has 0 spiro atoms. The van der Waals surface area contributed by atoms with E-state index < -0.39 is 0 Å². The molecule has 116 valence electrons. The minimum absolute atomic E-state index is 0.0702. The van der Waals surface area contributed by atoms with Gasteiger partial charge in [-0.2, -0.15) is 4.98 Å². The third-order valence-corrected chi connectivity index (χ3v) is 3.76. The molecule has 1 aromatic carbocycles. The Morgan fingerprint density at radius 2 is 2.14 bits per heavy atom. The predicted molar refractivity (Wildman–Crippen MR) is 99.6 cm³/mol. The van der Waals surface area contributed by atoms with E-state index in [1.807, 2.05) is 12.1 Å². The van der Waals surface area contributed by atoms with Gasteiger partial charge in [0.1, 0.15) is 0 Å². The second-order valence-corrected chi connectivity index (χ2v) is 6.97. The molecule has 0 aliphatic heterocycles. The number of nitrogens with one attached hydrogen (secondary N) is 2. The molecule has 1 heterocycles. The third kappa shape index (κ3) is 4.52. The molecule has 2 rings (SSSR count). The monoisotopic (exact) mass is 429 g/mol. The second kappa shape index (κ2) is 6.75. The number of rotatable bonds is 3. The van der Waals surface area contributed by atoms with Crippen LogP contribution in [0.25, 0.3) is 0 Å². The van der Waals surface area contributed by atoms with Crippen LogP contribution in [0, 0.1) is 17.3 Å². The Balaban J connectivity index is 2.36. The van der Waals surface area contributed by atoms with Crippen LogP contribution in [0.15, 0.2) is 12.1 Å². The molecule has 0 bridgehead atoms. The highest BCUT2D eigenvalue weighted by molar-refractivity contribution is 14.1. The van der Waals surface area contributed by atoms with Gasteiger partial charge in [0.15, 0.2) is 0 Å². The van der Waals surface area contributed by atoms with Gasteiger partial charge in [0.25, 0.3) is 0 Å². The summed E-state index contributed by atoms with van der Waals surface area (Å²) in [6.45, 7) is 6.21. The number of alkyl halides is 1. The van der Waals surface area contributed by atoms with E-state index in [0.29, 0.717) is 11.0 Å². The average molecular weight is 430 g/mol. The van der Waals surface area contributed by atoms with E-state index in [1.165, 1.54) is 0 Å². The number of H-pyrrole nitrogens is 1. The summed E-state index contributed by atoms with van der Waals surface area (Å²) in [5.41, 5.74) is 8.17. The van der Waals surface area contributed by atoms with Gasteiger partial charge in [-0.3, -0.25) is 0 Å². The Morgan fingerprint density at radius 1 is 1.41 bits per heavy atom. The molecule has 0 unspecified atom stereocenters. The van der Waals surface area contributed by atoms with Gasteiger partial charge in [-0.1, -0.05) is 46.0 Å². The van der Waals surface area contributed by atoms with Crippen LogP contribution in [0.1, 0.15) is 31.9 Å². The van der Waals surface area contributed by atoms with Gasteiger partial charge in [0, 0.05) is 21.1 Å². The number of aromatic nitrogens is 3. The molecular formula is C15H17ClIN5. The molecular weight excluding hydrogens is 413 g/mol. The minimum Gasteiger partial charge on any atom is -0.368 e. The van der Waals surface area contributed by atoms with Crippen LogP contribution in [0.2, 0.25) is 5.02 Å². The smallest absolute Gasteiger partial charge is 0.248 e. The van der Waals surface area contributed by atoms with Gasteiger partial charge in [-0.25, -0.2) is 5.10 Å². The summed E-state index contributed by atoms with van der Waals surface area (Å²) in [4.78, 5) is 4.01. The van der Waals surface area contributed by atoms with Gasteiger partial charge >= 0.3 is 0 Å². The van der Waals surface area contributed by atoms with Crippen molar-refractivity contribution in [1.29, 1.82) is 0 Å². The van der Waals surface area contributed by atoms with Crippen LogP contribution in [0.5, 0.6) is 0 Å². The fraction of sp³-hybridized carbons (Fsp3) is 0.333. The van der Waals surface area contributed by atoms with Crippen LogP contribution in [-0.4, -0.2) is 15.2 Å². The van der Waals surface area contributed by atoms with Crippen molar-refractivity contribution in [1.82, 2.24) is 15.2 Å². The number of aromatic amines is 1. The molecule has 1 aromatic heterocycles. The Morgan fingerprint density at radius 3 is 2.68 bits per heavy atom. The average Bonchev–Trinajstić information content (AvgIpc) is 2.81. The highest BCUT2D eigenvalue weighted by Crippen LogP contribution is 2.28. The standard InChI is InChI=1S/C15H17ClIN5/c1-15(2,3)5-4-11-9(8-17)6-10(7-12(11)16)19-14-20-13(18)21-22-14/h6-7H,8H2,1-3H3,(H4,18,19,20,21,22). The van der Waals surface area contributed by atoms with E-state index >= 15 is 0 Å². The van der Waals surface area contributed by atoms with Gasteiger partial charge < -0.3 is 11.1 Å². The zero-order valence-corrected chi connectivity index (χ0v) is 15.5. The normalized spacial score (nSPS) is 11.0. The lowest BCUT2D eigenvalue weighted by molar-refractivity contribution is 0.571. The highest BCUT2D eigenvalue weighted by atomic mass is 127. The van der Waals surface area contributed by atoms with Crippen LogP contribution in [0.4, 0.5) is 17.6 Å². The zero-order chi connectivity index (χ0) is 16.3. The van der Waals surface area contributed by atoms with Crippen molar-refractivity contribution in [3.63, 3.8) is 0 Å². The molecule has 4 N–H and O–H groups in total. The van der Waals surface area contributed by atoms with Crippen LogP contribution >= 0.6 is 34.2 Å². The lowest BCUT2D eigenvalue weighted by atomic mass is 9.97. The number of nitrogens with zero attached hydrogens (tertiary/aromatic N) is 2. The first-order chi connectivity index (χ1) is 10.3. The molecule has 0 amide bonds. The third-order valence-electron chi connectivity index (χ3n) is 2.64. The molecule has 22 heavy (non-hydrogen) atoms. The van der Waals surface area contributed by atoms with Crippen molar-refractivity contribution in [2.75, 3.05) is 11.1 Å². The van der Waals surface area contributed by atoms with Crippen molar-refractivity contribution in [3.05, 3.63) is 28.3 Å². The van der Waals surface area contributed by atoms with E-state index in [2.05, 4.69) is 75.7 Å². The number of hydrogen-bond donors (Lipinski definition) is 3. The minimum atomic E-state index is -0.0702. The second-order valence-electron chi connectivity index (χ2n) is 5.80. The first-order valence-corrected chi connectivity index (χ1v) is 8.55. The first-order valence-electron chi connectivity index (χ1n) is 6.65. The quantitative estimate of drug-likeness (QED) is 0.390. The molecule has 2 aromatic rings. The van der Waals surface area contributed by atoms with E-state index in [9.17, 15) is 0 Å². The fourth-order valence-corrected chi connectivity index (χ4v) is 2.58. The summed E-state index contributed by atoms with van der Waals surface area (Å²) >= 11 is 8.69. The number of halogens is 2. The van der Waals surface area contributed by atoms with E-state index in [4.69, 9.17) is 17.3 Å². The van der Waals surface area contributed by atoms with Crippen LogP contribution < -0.4 is 11.1 Å². The lowest BCUT2D eigenvalue weighted by Gasteiger charge is -2.10. The van der Waals surface area contributed by atoms with Crippen molar-refractivity contribution in [2.24, 2.45) is 5.41 Å². The topological polar surface area (TPSA) is 79.6 Å². The van der Waals surface area contributed by atoms with E-state index in [-0.39, 0.29) is 11.4 Å². The maximum absolute atomic E-state index is 6.39. The number of hydrogen-bond acceptors (Lipinski definition) is 4. The molecule has 0 aliphatic carbocycles. The van der Waals surface area contributed by atoms with Crippen molar-refractivity contribution >= 4 is 51.8 Å². The van der Waals surface area contributed by atoms with Crippen molar-refractivity contribution in [3.8, 4) is 11.8 Å². The van der Waals surface area contributed by atoms with Crippen LogP contribution in [-0.2, 0) is 4.43 Å². The fourth-order valence-electron chi connectivity index (χ4n) is 1.69. The number of benzene rings is 1. The van der Waals surface area contributed by atoms with E-state index in [0.717, 1.165) is 21.2 Å². The number of nitrogens with two attached hydrogens (primary N) is 1. The Bertz CT molecular complexity index is 737. The molecule has 0 radical (unpaired) electrons. The van der Waals surface area contributed by atoms with Crippen molar-refractivity contribution in [2.45, 2.75) is 25.2 Å². The summed E-state index contributed by atoms with van der Waals surface area (Å²) in [5.74, 6) is 7.08. The maximum atomic E-state index is 6.39. The Hall–Kier alpha value is -1.46. The van der Waals surface area contributed by atoms with Crippen LogP contribution in [0.3, 0.4) is 0 Å². The van der Waals surface area contributed by atoms with Gasteiger partial charge in [-0.05, 0) is 38.5 Å². The number of anilines is 3. The Labute approximate surface area is 148 Å². The zero-order valence-electron chi connectivity index (χ0n) is 12.6. The number of nitrogen functional groups attached to an aromatic ring is 1. The molecule has 5 nitrogen and oxygen atoms in total. The molecule has 0 atom stereocenters. The largest absolute Gasteiger partial charge is 0.368 e. The van der Waals surface area contributed by atoms with Gasteiger partial charge in [0.2, 0.25) is 11.9 Å². The summed E-state index contributed by atoms with van der Waals surface area (Å²) in [6.07, 6.45) is 0. The van der Waals surface area contributed by atoms with Gasteiger partial charge in [0.05, 0.1) is 5.02 Å². The summed E-state index contributed by atoms with van der Waals surface area (Å²) in [5, 5.41) is 10.2. The summed E-state index contributed by atoms with van der Waals surface area (Å²) in [7, 11) is 0. The molecule has 0 aliphatic rings. The SMILES string of the molecule is CC(C)(C)C#Cc1c(Cl)cc(Nc2n[nH]c(N)n2)cc1CI. The predicted octanol–water partition coefficient (Wildman–Crippen LogP) is 4.12. The van der Waals surface area contributed by atoms with Crippen molar-refractivity contribution < 1.29 is 0 Å². The molecule has 7 heteroatoms. The first kappa shape index (κ1) is 16.9. The summed E-state index contributed by atoms with van der Waals surface area (Å²) < 4.78 is 0.803. The summed E-state index contributed by atoms with van der Waals surface area (Å²) in [6, 6.07) is 3.81. The highest BCUT2D eigenvalue weighted by Gasteiger charge is 2.10. The Kier molecular flexibility index (Phi) is 5.19. The van der Waals surface area contributed by atoms with E-state index in [1.54, 1.807) is 0 Å². The molecule has 0 fully saturated rings. The van der Waals surface area contributed by atoms with Gasteiger partial charge in [-0.15, -0.1) is 5.10 Å². The lowest BCUT2D eigenvalue weighted by Crippen LogP contribution is -2.00. The molecule has 0 saturated heterocycles. The maximum Gasteiger partial charge on any atom is 0.248 e.